The molecule has 0 saturated heterocycles. The van der Waals surface area contributed by atoms with E-state index in [1.165, 1.54) is 0 Å². The zero-order valence-corrected chi connectivity index (χ0v) is 15.1. The van der Waals surface area contributed by atoms with Crippen molar-refractivity contribution in [3.05, 3.63) is 0 Å². The highest BCUT2D eigenvalue weighted by molar-refractivity contribution is 7.62. The van der Waals surface area contributed by atoms with Crippen molar-refractivity contribution in [2.45, 2.75) is 58.5 Å². The minimum Gasteiger partial charge on any atom is -0.466 e. The van der Waals surface area contributed by atoms with E-state index in [1.807, 2.05) is 0 Å². The van der Waals surface area contributed by atoms with Gasteiger partial charge in [-0.2, -0.15) is 0 Å². The third kappa shape index (κ3) is 5.91. The first-order chi connectivity index (χ1) is 10.3. The maximum Gasteiger partial charge on any atom is 0.313 e. The van der Waals surface area contributed by atoms with Crippen molar-refractivity contribution in [2.24, 2.45) is 0 Å². The summed E-state index contributed by atoms with van der Waals surface area (Å²) in [4.78, 5) is 36.1. The standard InChI is InChI=1S/C15H27O6P/c1-7-19-13(16)10(4)22(11(5)14(17)20-8-2)12(6)15(18)21-9-3/h10-12H,7-9H2,1-6H3. The van der Waals surface area contributed by atoms with E-state index in [9.17, 15) is 14.4 Å². The number of carbonyl (C=O) groups is 3. The Morgan fingerprint density at radius 3 is 1.09 bits per heavy atom. The molecule has 7 heteroatoms. The molecule has 0 rings (SSSR count). The average molecular weight is 334 g/mol. The molecule has 3 atom stereocenters. The Kier molecular flexibility index (Phi) is 9.99. The van der Waals surface area contributed by atoms with Crippen molar-refractivity contribution >= 4 is 25.8 Å². The molecular formula is C15H27O6P. The zero-order valence-electron chi connectivity index (χ0n) is 14.3. The van der Waals surface area contributed by atoms with E-state index in [1.54, 1.807) is 41.5 Å². The second-order valence-corrected chi connectivity index (χ2v) is 7.95. The van der Waals surface area contributed by atoms with Gasteiger partial charge in [0.25, 0.3) is 0 Å². The SMILES string of the molecule is CCOC(=O)C(C)P(C(C)C(=O)OCC)C(C)C(=O)OCC. The fourth-order valence-electron chi connectivity index (χ4n) is 2.16. The fourth-order valence-corrected chi connectivity index (χ4v) is 5.13. The summed E-state index contributed by atoms with van der Waals surface area (Å²) in [5.74, 6) is -1.21. The first kappa shape index (κ1) is 20.8. The summed E-state index contributed by atoms with van der Waals surface area (Å²) in [6.07, 6.45) is 0. The molecule has 0 spiro atoms. The average Bonchev–Trinajstić information content (AvgIpc) is 2.47. The van der Waals surface area contributed by atoms with Crippen LogP contribution >= 0.6 is 7.92 Å². The Morgan fingerprint density at radius 2 is 0.909 bits per heavy atom. The van der Waals surface area contributed by atoms with Gasteiger partial charge in [-0.25, -0.2) is 0 Å². The van der Waals surface area contributed by atoms with Crippen LogP contribution in [0.15, 0.2) is 0 Å². The minimum absolute atomic E-state index is 0.258. The summed E-state index contributed by atoms with van der Waals surface area (Å²) in [5.41, 5.74) is -1.64. The second kappa shape index (κ2) is 10.5. The van der Waals surface area contributed by atoms with E-state index in [-0.39, 0.29) is 19.8 Å². The smallest absolute Gasteiger partial charge is 0.313 e. The normalized spacial score (nSPS) is 16.1. The molecule has 3 unspecified atom stereocenters. The van der Waals surface area contributed by atoms with Gasteiger partial charge in [-0.15, -0.1) is 0 Å². The van der Waals surface area contributed by atoms with Gasteiger partial charge in [0.15, 0.2) is 0 Å². The maximum absolute atomic E-state index is 12.0. The molecule has 0 fully saturated rings. The van der Waals surface area contributed by atoms with Crippen LogP contribution in [-0.4, -0.2) is 54.7 Å². The van der Waals surface area contributed by atoms with E-state index in [2.05, 4.69) is 0 Å². The summed E-state index contributed by atoms with van der Waals surface area (Å²) in [7, 11) is -1.32. The largest absolute Gasteiger partial charge is 0.466 e. The Labute approximate surface area is 133 Å². The number of hydrogen-bond donors (Lipinski definition) is 0. The molecule has 22 heavy (non-hydrogen) atoms. The number of ether oxygens (including phenoxy) is 3. The predicted molar refractivity (Wildman–Crippen MR) is 85.2 cm³/mol. The van der Waals surface area contributed by atoms with Crippen LogP contribution < -0.4 is 0 Å². The molecule has 6 nitrogen and oxygen atoms in total. The Morgan fingerprint density at radius 1 is 0.682 bits per heavy atom. The van der Waals surface area contributed by atoms with E-state index >= 15 is 0 Å². The van der Waals surface area contributed by atoms with Crippen molar-refractivity contribution < 1.29 is 28.6 Å². The van der Waals surface area contributed by atoms with Gasteiger partial charge >= 0.3 is 17.9 Å². The quantitative estimate of drug-likeness (QED) is 0.366. The van der Waals surface area contributed by atoms with Gasteiger partial charge < -0.3 is 14.2 Å². The third-order valence-electron chi connectivity index (χ3n) is 3.22. The highest BCUT2D eigenvalue weighted by Gasteiger charge is 2.40. The monoisotopic (exact) mass is 334 g/mol. The number of carbonyl (C=O) groups excluding carboxylic acids is 3. The van der Waals surface area contributed by atoms with Crippen LogP contribution in [0.2, 0.25) is 0 Å². The lowest BCUT2D eigenvalue weighted by Gasteiger charge is -2.31. The molecule has 0 aliphatic rings. The lowest BCUT2D eigenvalue weighted by Crippen LogP contribution is -2.34. The van der Waals surface area contributed by atoms with E-state index in [0.717, 1.165) is 0 Å². The van der Waals surface area contributed by atoms with Crippen LogP contribution in [0.25, 0.3) is 0 Å². The van der Waals surface area contributed by atoms with Gasteiger partial charge in [-0.3, -0.25) is 14.4 Å². The van der Waals surface area contributed by atoms with Crippen LogP contribution in [0.5, 0.6) is 0 Å². The van der Waals surface area contributed by atoms with E-state index in [4.69, 9.17) is 14.2 Å². The molecule has 0 bridgehead atoms. The lowest BCUT2D eigenvalue weighted by atomic mass is 10.4. The lowest BCUT2D eigenvalue weighted by molar-refractivity contribution is -0.142. The molecule has 0 aromatic heterocycles. The van der Waals surface area contributed by atoms with Crippen LogP contribution in [0.4, 0.5) is 0 Å². The number of rotatable bonds is 9. The van der Waals surface area contributed by atoms with Gasteiger partial charge in [0.1, 0.15) is 0 Å². The summed E-state index contributed by atoms with van der Waals surface area (Å²) in [5, 5.41) is 0. The topological polar surface area (TPSA) is 78.9 Å². The molecule has 0 heterocycles. The molecule has 0 aromatic rings. The van der Waals surface area contributed by atoms with E-state index in [0.29, 0.717) is 0 Å². The molecule has 0 amide bonds. The van der Waals surface area contributed by atoms with Crippen molar-refractivity contribution in [3.63, 3.8) is 0 Å². The second-order valence-electron chi connectivity index (χ2n) is 4.73. The van der Waals surface area contributed by atoms with Crippen molar-refractivity contribution in [2.75, 3.05) is 19.8 Å². The first-order valence-corrected chi connectivity index (χ1v) is 9.13. The van der Waals surface area contributed by atoms with Crippen LogP contribution in [0.3, 0.4) is 0 Å². The Bertz CT molecular complexity index is 327. The molecule has 0 N–H and O–H groups in total. The van der Waals surface area contributed by atoms with Gasteiger partial charge in [-0.1, -0.05) is 7.92 Å². The number of esters is 3. The Balaban J connectivity index is 5.33. The van der Waals surface area contributed by atoms with Crippen LogP contribution in [-0.2, 0) is 28.6 Å². The van der Waals surface area contributed by atoms with Gasteiger partial charge in [-0.05, 0) is 41.5 Å². The molecule has 0 saturated carbocycles. The zero-order chi connectivity index (χ0) is 17.3. The number of hydrogen-bond acceptors (Lipinski definition) is 6. The molecule has 0 aliphatic heterocycles. The van der Waals surface area contributed by atoms with Crippen LogP contribution in [0, 0.1) is 0 Å². The summed E-state index contributed by atoms with van der Waals surface area (Å²) in [6.45, 7) is 11.0. The Hall–Kier alpha value is -1.16. The van der Waals surface area contributed by atoms with Crippen LogP contribution in [0.1, 0.15) is 41.5 Å². The highest BCUT2D eigenvalue weighted by atomic mass is 31.1. The fraction of sp³-hybridized carbons (Fsp3) is 0.800. The van der Waals surface area contributed by atoms with Gasteiger partial charge in [0.2, 0.25) is 0 Å². The third-order valence-corrected chi connectivity index (χ3v) is 6.54. The predicted octanol–water partition coefficient (Wildman–Crippen LogP) is 2.32. The minimum atomic E-state index is -1.32. The molecule has 0 aliphatic carbocycles. The highest BCUT2D eigenvalue weighted by Crippen LogP contribution is 2.52. The van der Waals surface area contributed by atoms with E-state index < -0.39 is 42.8 Å². The molecular weight excluding hydrogens is 307 g/mol. The molecule has 0 aromatic carbocycles. The summed E-state index contributed by atoms with van der Waals surface area (Å²) in [6, 6.07) is 0. The van der Waals surface area contributed by atoms with Crippen molar-refractivity contribution in [3.8, 4) is 0 Å². The van der Waals surface area contributed by atoms with Crippen molar-refractivity contribution in [1.82, 2.24) is 0 Å². The first-order valence-electron chi connectivity index (χ1n) is 7.58. The maximum atomic E-state index is 12.0. The van der Waals surface area contributed by atoms with Gasteiger partial charge in [0, 0.05) is 0 Å². The summed E-state index contributed by atoms with van der Waals surface area (Å²) >= 11 is 0. The summed E-state index contributed by atoms with van der Waals surface area (Å²) < 4.78 is 15.1. The molecule has 0 radical (unpaired) electrons. The molecule has 128 valence electrons. The van der Waals surface area contributed by atoms with Gasteiger partial charge in [0.05, 0.1) is 36.8 Å². The van der Waals surface area contributed by atoms with Crippen molar-refractivity contribution in [1.29, 1.82) is 0 Å².